The summed E-state index contributed by atoms with van der Waals surface area (Å²) in [7, 11) is -0.329. The summed E-state index contributed by atoms with van der Waals surface area (Å²) in [5.41, 5.74) is 2.61. The van der Waals surface area contributed by atoms with Crippen LogP contribution in [0.15, 0.2) is 48.5 Å². The van der Waals surface area contributed by atoms with Crippen LogP contribution < -0.4 is 35.3 Å². The van der Waals surface area contributed by atoms with Crippen molar-refractivity contribution in [3.63, 3.8) is 0 Å². The first kappa shape index (κ1) is 27.1. The van der Waals surface area contributed by atoms with Crippen LogP contribution in [0.4, 0.5) is 0 Å². The van der Waals surface area contributed by atoms with Gasteiger partial charge in [-0.1, -0.05) is 52.1 Å². The second kappa shape index (κ2) is 11.3. The summed E-state index contributed by atoms with van der Waals surface area (Å²) in [6.45, 7) is 11.2. The fourth-order valence-electron chi connectivity index (χ4n) is 2.94. The molecule has 1 aromatic heterocycles. The summed E-state index contributed by atoms with van der Waals surface area (Å²) in [5, 5.41) is 5.30. The molecule has 0 unspecified atom stereocenters. The van der Waals surface area contributed by atoms with Crippen molar-refractivity contribution in [2.75, 3.05) is 0 Å². The molecule has 1 aliphatic carbocycles. The van der Waals surface area contributed by atoms with Crippen LogP contribution in [0.2, 0.25) is 13.1 Å². The van der Waals surface area contributed by atoms with Crippen LogP contribution in [-0.4, -0.2) is 18.6 Å². The van der Waals surface area contributed by atoms with Crippen molar-refractivity contribution in [1.29, 1.82) is 0 Å². The minimum absolute atomic E-state index is 0. The van der Waals surface area contributed by atoms with Gasteiger partial charge in [0.05, 0.1) is 0 Å². The zero-order valence-electron chi connectivity index (χ0n) is 17.0. The first-order valence-electron chi connectivity index (χ1n) is 8.73. The Morgan fingerprint density at radius 3 is 2.11 bits per heavy atom. The van der Waals surface area contributed by atoms with Gasteiger partial charge in [-0.25, -0.2) is 0 Å². The molecule has 0 amide bonds. The average molecular weight is 462 g/mol. The van der Waals surface area contributed by atoms with Crippen LogP contribution in [0, 0.1) is 6.20 Å². The Morgan fingerprint density at radius 2 is 1.50 bits per heavy atom. The predicted molar refractivity (Wildman–Crippen MR) is 112 cm³/mol. The number of rotatable bonds is 0. The number of halogens is 2. The third-order valence-corrected chi connectivity index (χ3v) is 5.68. The molecule has 0 bridgehead atoms. The number of aromatic amines is 1. The molecule has 4 rings (SSSR count). The van der Waals surface area contributed by atoms with E-state index < -0.39 is 0 Å². The van der Waals surface area contributed by atoms with Gasteiger partial charge in [0, 0.05) is 0 Å². The molecule has 1 nitrogen and oxygen atoms in total. The minimum atomic E-state index is -0.329. The van der Waals surface area contributed by atoms with E-state index in [4.69, 9.17) is 0 Å². The monoisotopic (exact) mass is 461 g/mol. The van der Waals surface area contributed by atoms with Crippen molar-refractivity contribution in [3.05, 3.63) is 70.7 Å². The van der Waals surface area contributed by atoms with E-state index in [0.29, 0.717) is 0 Å². The zero-order valence-corrected chi connectivity index (χ0v) is 21.0. The van der Waals surface area contributed by atoms with E-state index in [0.717, 1.165) is 0 Å². The molecular weight excluding hydrogens is 437 g/mol. The maximum atomic E-state index is 3.44. The van der Waals surface area contributed by atoms with Gasteiger partial charge in [0.1, 0.15) is 0 Å². The molecule has 28 heavy (non-hydrogen) atoms. The van der Waals surface area contributed by atoms with Crippen LogP contribution in [0.3, 0.4) is 0 Å². The van der Waals surface area contributed by atoms with E-state index >= 15 is 0 Å². The maximum absolute atomic E-state index is 3.44. The molecule has 0 fully saturated rings. The Kier molecular flexibility index (Phi) is 11.0. The fraction of sp³-hybridized carbons (Fsp3) is 0.261. The van der Waals surface area contributed by atoms with Gasteiger partial charge in [0.2, 0.25) is 0 Å². The summed E-state index contributed by atoms with van der Waals surface area (Å²) < 4.78 is 0. The van der Waals surface area contributed by atoms with Crippen molar-refractivity contribution in [2.45, 2.75) is 39.3 Å². The smallest absolute Gasteiger partial charge is 1.00 e. The summed E-state index contributed by atoms with van der Waals surface area (Å²) in [5.74, 6) is 0. The van der Waals surface area contributed by atoms with Crippen LogP contribution in [-0.2, 0) is 27.1 Å². The van der Waals surface area contributed by atoms with Gasteiger partial charge < -0.3 is 29.8 Å². The van der Waals surface area contributed by atoms with E-state index in [1.54, 1.807) is 0 Å². The SMILES string of the molecule is CC(C)(C)c1[c-][nH]c2ccccc12.C[Si](C)=C1[C-]=c2ccccc2=C1.[Cl-].[Cl-].[Ti+4]. The fourth-order valence-corrected chi connectivity index (χ4v) is 3.77. The second-order valence-electron chi connectivity index (χ2n) is 7.69. The van der Waals surface area contributed by atoms with E-state index in [-0.39, 0.29) is 60.4 Å². The Morgan fingerprint density at radius 1 is 0.893 bits per heavy atom. The zero-order chi connectivity index (χ0) is 18.0. The Balaban J connectivity index is 0.000000471. The molecule has 0 atom stereocenters. The van der Waals surface area contributed by atoms with Crippen LogP contribution in [0.1, 0.15) is 26.3 Å². The number of aromatic nitrogens is 1. The standard InChI is InChI=1S/C12H14N.C11H11Si.2ClH.Ti/c1-12(2,3)10-8-13-11-7-5-4-6-9(10)11;1-12(2)11-7-9-5-3-4-6-10(9)8-11;;;/h4-7,13H,1-3H3;3-7H,1-2H3;2*1H;/q2*-1;;;+4/p-2. The molecular formula is C23H25Cl2NSiTi. The molecule has 0 saturated carbocycles. The first-order chi connectivity index (χ1) is 11.9. The van der Waals surface area contributed by atoms with Crippen LogP contribution in [0.25, 0.3) is 23.1 Å². The van der Waals surface area contributed by atoms with E-state index in [2.05, 4.69) is 99.7 Å². The molecule has 0 spiro atoms. The van der Waals surface area contributed by atoms with Gasteiger partial charge in [-0.05, 0) is 13.8 Å². The summed E-state index contributed by atoms with van der Waals surface area (Å²) in [6, 6.07) is 16.8. The van der Waals surface area contributed by atoms with Gasteiger partial charge in [-0.2, -0.15) is 16.7 Å². The quantitative estimate of drug-likeness (QED) is 0.292. The second-order valence-corrected chi connectivity index (χ2v) is 10.2. The van der Waals surface area contributed by atoms with Crippen LogP contribution >= 0.6 is 0 Å². The van der Waals surface area contributed by atoms with Crippen molar-refractivity contribution < 1.29 is 46.5 Å². The molecule has 3 aromatic rings. The normalized spacial score (nSPS) is 11.4. The Labute approximate surface area is 197 Å². The molecule has 144 valence electrons. The third kappa shape index (κ3) is 6.30. The largest absolute Gasteiger partial charge is 4.00 e. The van der Waals surface area contributed by atoms with Gasteiger partial charge in [0.25, 0.3) is 0 Å². The summed E-state index contributed by atoms with van der Waals surface area (Å²) >= 11 is 0. The Bertz CT molecular complexity index is 1020. The Hall–Kier alpha value is -0.899. The van der Waals surface area contributed by atoms with Gasteiger partial charge in [-0.15, -0.1) is 64.1 Å². The van der Waals surface area contributed by atoms with Crippen molar-refractivity contribution in [3.8, 4) is 0 Å². The third-order valence-electron chi connectivity index (χ3n) is 4.34. The van der Waals surface area contributed by atoms with E-state index in [1.165, 1.54) is 32.1 Å². The summed E-state index contributed by atoms with van der Waals surface area (Å²) in [4.78, 5) is 3.17. The summed E-state index contributed by atoms with van der Waals surface area (Å²) in [6.07, 6.45) is 8.94. The molecule has 1 N–H and O–H groups in total. The number of hydrogen-bond donors (Lipinski definition) is 1. The molecule has 5 heteroatoms. The number of nitrogens with one attached hydrogen (secondary N) is 1. The van der Waals surface area contributed by atoms with Crippen molar-refractivity contribution >= 4 is 36.6 Å². The van der Waals surface area contributed by atoms with E-state index in [9.17, 15) is 0 Å². The number of hydrogen-bond acceptors (Lipinski definition) is 0. The number of H-pyrrole nitrogens is 1. The molecule has 2 aromatic carbocycles. The number of benzene rings is 2. The van der Waals surface area contributed by atoms with Crippen LogP contribution in [0.5, 0.6) is 0 Å². The van der Waals surface area contributed by atoms with Crippen molar-refractivity contribution in [1.82, 2.24) is 4.98 Å². The molecule has 1 heterocycles. The number of para-hydroxylation sites is 1. The topological polar surface area (TPSA) is 15.8 Å². The molecule has 1 aliphatic rings. The predicted octanol–water partition coefficient (Wildman–Crippen LogP) is -2.08. The van der Waals surface area contributed by atoms with Gasteiger partial charge >= 0.3 is 21.7 Å². The maximum Gasteiger partial charge on any atom is 4.00 e. The average Bonchev–Trinajstić information content (AvgIpc) is 3.19. The van der Waals surface area contributed by atoms with Crippen molar-refractivity contribution in [2.24, 2.45) is 0 Å². The van der Waals surface area contributed by atoms with Gasteiger partial charge in [0.15, 0.2) is 0 Å². The van der Waals surface area contributed by atoms with Gasteiger partial charge in [-0.3, -0.25) is 0 Å². The minimum Gasteiger partial charge on any atom is -1.00 e. The first-order valence-corrected chi connectivity index (χ1v) is 11.2. The number of fused-ring (bicyclic) bond motifs is 2. The molecule has 0 aliphatic heterocycles. The van der Waals surface area contributed by atoms with E-state index in [1.807, 2.05) is 6.07 Å². The molecule has 0 radical (unpaired) electrons. The molecule has 0 saturated heterocycles.